The third-order valence-electron chi connectivity index (χ3n) is 3.75. The number of hydrogen-bond donors (Lipinski definition) is 0. The predicted octanol–water partition coefficient (Wildman–Crippen LogP) is 3.47. The molecular weight excluding hydrogens is 175 g/mol. The summed E-state index contributed by atoms with van der Waals surface area (Å²) in [7, 11) is 0. The van der Waals surface area contributed by atoms with Crippen LogP contribution < -0.4 is 0 Å². The van der Waals surface area contributed by atoms with Gasteiger partial charge in [-0.2, -0.15) is 0 Å². The van der Waals surface area contributed by atoms with Crippen LogP contribution in [0.4, 0.5) is 4.39 Å². The Bertz CT molecular complexity index is 331. The SMILES string of the molecule is Fc1ccc(C2(C3CC3)[CH]CC2)cc1. The highest BCUT2D eigenvalue weighted by atomic mass is 19.1. The Morgan fingerprint density at radius 2 is 1.79 bits per heavy atom. The van der Waals surface area contributed by atoms with E-state index in [1.807, 2.05) is 12.1 Å². The molecule has 1 aromatic rings. The largest absolute Gasteiger partial charge is 0.207 e. The molecule has 73 valence electrons. The first-order valence-electron chi connectivity index (χ1n) is 5.42. The quantitative estimate of drug-likeness (QED) is 0.668. The van der Waals surface area contributed by atoms with Gasteiger partial charge in [0, 0.05) is 5.41 Å². The van der Waals surface area contributed by atoms with Crippen LogP contribution in [0.25, 0.3) is 0 Å². The average Bonchev–Trinajstić information content (AvgIpc) is 2.90. The summed E-state index contributed by atoms with van der Waals surface area (Å²) in [6.45, 7) is 0. The summed E-state index contributed by atoms with van der Waals surface area (Å²) in [5.41, 5.74) is 1.65. The molecule has 0 N–H and O–H groups in total. The number of rotatable bonds is 2. The summed E-state index contributed by atoms with van der Waals surface area (Å²) >= 11 is 0. The van der Waals surface area contributed by atoms with Crippen LogP contribution in [0, 0.1) is 18.2 Å². The molecule has 0 saturated heterocycles. The van der Waals surface area contributed by atoms with E-state index in [9.17, 15) is 4.39 Å². The second-order valence-electron chi connectivity index (χ2n) is 4.56. The third kappa shape index (κ3) is 1.11. The third-order valence-corrected chi connectivity index (χ3v) is 3.75. The Labute approximate surface area is 84.1 Å². The van der Waals surface area contributed by atoms with Crippen molar-refractivity contribution in [2.45, 2.75) is 31.1 Å². The van der Waals surface area contributed by atoms with Gasteiger partial charge >= 0.3 is 0 Å². The van der Waals surface area contributed by atoms with Crippen LogP contribution in [0.3, 0.4) is 0 Å². The summed E-state index contributed by atoms with van der Waals surface area (Å²) in [4.78, 5) is 0. The zero-order valence-corrected chi connectivity index (χ0v) is 8.17. The van der Waals surface area contributed by atoms with Crippen molar-refractivity contribution in [1.29, 1.82) is 0 Å². The van der Waals surface area contributed by atoms with E-state index in [1.165, 1.54) is 31.2 Å². The summed E-state index contributed by atoms with van der Waals surface area (Å²) in [5.74, 6) is 0.723. The van der Waals surface area contributed by atoms with Crippen molar-refractivity contribution >= 4 is 0 Å². The van der Waals surface area contributed by atoms with Gasteiger partial charge in [-0.05, 0) is 55.7 Å². The highest BCUT2D eigenvalue weighted by Crippen LogP contribution is 2.57. The molecule has 1 aromatic carbocycles. The van der Waals surface area contributed by atoms with E-state index in [0.29, 0.717) is 5.41 Å². The minimum Gasteiger partial charge on any atom is -0.207 e. The molecular formula is C13H14F. The maximum Gasteiger partial charge on any atom is 0.123 e. The minimum absolute atomic E-state index is 0.126. The van der Waals surface area contributed by atoms with Crippen molar-refractivity contribution in [2.24, 2.45) is 5.92 Å². The van der Waals surface area contributed by atoms with Crippen LogP contribution in [-0.4, -0.2) is 0 Å². The summed E-state index contributed by atoms with van der Waals surface area (Å²) < 4.78 is 12.8. The van der Waals surface area contributed by atoms with Gasteiger partial charge in [-0.25, -0.2) is 4.39 Å². The lowest BCUT2D eigenvalue weighted by atomic mass is 9.61. The monoisotopic (exact) mass is 189 g/mol. The number of halogens is 1. The highest BCUT2D eigenvalue weighted by Gasteiger charge is 2.50. The fourth-order valence-corrected chi connectivity index (χ4v) is 2.68. The Morgan fingerprint density at radius 1 is 1.14 bits per heavy atom. The molecule has 0 aliphatic heterocycles. The lowest BCUT2D eigenvalue weighted by Crippen LogP contribution is -2.37. The molecule has 2 saturated carbocycles. The van der Waals surface area contributed by atoms with Crippen LogP contribution >= 0.6 is 0 Å². The van der Waals surface area contributed by atoms with E-state index in [-0.39, 0.29) is 5.82 Å². The van der Waals surface area contributed by atoms with Crippen LogP contribution in [0.2, 0.25) is 0 Å². The lowest BCUT2D eigenvalue weighted by Gasteiger charge is -2.42. The first kappa shape index (κ1) is 8.46. The zero-order valence-electron chi connectivity index (χ0n) is 8.17. The Morgan fingerprint density at radius 3 is 2.21 bits per heavy atom. The van der Waals surface area contributed by atoms with Crippen LogP contribution in [0.15, 0.2) is 24.3 Å². The van der Waals surface area contributed by atoms with Crippen molar-refractivity contribution in [3.8, 4) is 0 Å². The van der Waals surface area contributed by atoms with E-state index in [2.05, 4.69) is 6.42 Å². The molecule has 2 aliphatic carbocycles. The van der Waals surface area contributed by atoms with Gasteiger partial charge in [0.1, 0.15) is 5.82 Å². The van der Waals surface area contributed by atoms with Crippen molar-refractivity contribution in [3.63, 3.8) is 0 Å². The molecule has 1 heteroatoms. The van der Waals surface area contributed by atoms with Crippen LogP contribution in [-0.2, 0) is 5.41 Å². The molecule has 0 bridgehead atoms. The smallest absolute Gasteiger partial charge is 0.123 e. The fourth-order valence-electron chi connectivity index (χ4n) is 2.68. The molecule has 0 spiro atoms. The lowest BCUT2D eigenvalue weighted by molar-refractivity contribution is 0.303. The molecule has 2 fully saturated rings. The molecule has 1 atom stereocenters. The Kier molecular flexibility index (Phi) is 1.70. The van der Waals surface area contributed by atoms with Gasteiger partial charge in [0.05, 0.1) is 0 Å². The fraction of sp³-hybridized carbons (Fsp3) is 0.462. The second-order valence-corrected chi connectivity index (χ2v) is 4.56. The van der Waals surface area contributed by atoms with E-state index < -0.39 is 0 Å². The Balaban J connectivity index is 1.95. The topological polar surface area (TPSA) is 0 Å². The summed E-state index contributed by atoms with van der Waals surface area (Å²) in [6.07, 6.45) is 7.64. The van der Waals surface area contributed by atoms with Crippen LogP contribution in [0.5, 0.6) is 0 Å². The van der Waals surface area contributed by atoms with Gasteiger partial charge in [-0.1, -0.05) is 12.1 Å². The summed E-state index contributed by atoms with van der Waals surface area (Å²) in [5, 5.41) is 0. The molecule has 14 heavy (non-hydrogen) atoms. The molecule has 2 aliphatic rings. The maximum atomic E-state index is 12.8. The van der Waals surface area contributed by atoms with Gasteiger partial charge in [-0.15, -0.1) is 0 Å². The summed E-state index contributed by atoms with van der Waals surface area (Å²) in [6, 6.07) is 7.10. The molecule has 0 heterocycles. The molecule has 1 radical (unpaired) electrons. The van der Waals surface area contributed by atoms with Gasteiger partial charge in [0.25, 0.3) is 0 Å². The average molecular weight is 189 g/mol. The van der Waals surface area contributed by atoms with Gasteiger partial charge < -0.3 is 0 Å². The first-order valence-corrected chi connectivity index (χ1v) is 5.42. The highest BCUT2D eigenvalue weighted by molar-refractivity contribution is 5.36. The molecule has 3 rings (SSSR count). The van der Waals surface area contributed by atoms with Crippen molar-refractivity contribution < 1.29 is 4.39 Å². The van der Waals surface area contributed by atoms with Crippen molar-refractivity contribution in [2.75, 3.05) is 0 Å². The standard InChI is InChI=1S/C13H14F/c14-12-6-4-11(5-7-12)13(8-1-9-13)10-2-3-10/h4-8,10H,1-3,9H2. The molecule has 0 amide bonds. The van der Waals surface area contributed by atoms with Gasteiger partial charge in [-0.3, -0.25) is 0 Å². The van der Waals surface area contributed by atoms with E-state index in [1.54, 1.807) is 12.1 Å². The second kappa shape index (κ2) is 2.82. The predicted molar refractivity (Wildman–Crippen MR) is 54.3 cm³/mol. The van der Waals surface area contributed by atoms with E-state index in [4.69, 9.17) is 0 Å². The van der Waals surface area contributed by atoms with E-state index >= 15 is 0 Å². The number of benzene rings is 1. The maximum absolute atomic E-state index is 12.8. The van der Waals surface area contributed by atoms with Crippen molar-refractivity contribution in [3.05, 3.63) is 42.1 Å². The molecule has 0 nitrogen and oxygen atoms in total. The molecule has 1 unspecified atom stereocenters. The zero-order chi connectivity index (χ0) is 9.60. The van der Waals surface area contributed by atoms with Crippen molar-refractivity contribution in [1.82, 2.24) is 0 Å². The van der Waals surface area contributed by atoms with Crippen LogP contribution in [0.1, 0.15) is 31.2 Å². The van der Waals surface area contributed by atoms with E-state index in [0.717, 1.165) is 5.92 Å². The van der Waals surface area contributed by atoms with Gasteiger partial charge in [0.2, 0.25) is 0 Å². The Hall–Kier alpha value is -0.850. The number of hydrogen-bond acceptors (Lipinski definition) is 0. The first-order chi connectivity index (χ1) is 6.81. The van der Waals surface area contributed by atoms with Gasteiger partial charge in [0.15, 0.2) is 0 Å². The molecule has 0 aromatic heterocycles. The normalized spacial score (nSPS) is 24.4. The minimum atomic E-state index is -0.126.